The first-order chi connectivity index (χ1) is 14.7. The Balaban J connectivity index is 1.43. The number of hydrogen-bond acceptors (Lipinski definition) is 5. The highest BCUT2D eigenvalue weighted by Gasteiger charge is 2.33. The molecular weight excluding hydrogens is 485 g/mol. The molecule has 0 N–H and O–H groups in total. The van der Waals surface area contributed by atoms with Gasteiger partial charge < -0.3 is 4.90 Å². The Morgan fingerprint density at radius 2 is 1.74 bits per heavy atom. The minimum atomic E-state index is -3.60. The summed E-state index contributed by atoms with van der Waals surface area (Å²) in [5.74, 6) is -1.23. The Morgan fingerprint density at radius 3 is 2.42 bits per heavy atom. The van der Waals surface area contributed by atoms with Crippen LogP contribution in [0.5, 0.6) is 0 Å². The SMILES string of the molecule is O=S(=O)(c1cc(Cl)ccc1Cl)C1CCN(c2nc(Cc3cc(F)cc(F)c3)cs2)CC1. The minimum absolute atomic E-state index is 0.0685. The number of piperidine rings is 1. The molecule has 2 aromatic carbocycles. The number of benzene rings is 2. The van der Waals surface area contributed by atoms with E-state index < -0.39 is 26.7 Å². The van der Waals surface area contributed by atoms with Crippen molar-refractivity contribution in [2.24, 2.45) is 0 Å². The van der Waals surface area contributed by atoms with Crippen molar-refractivity contribution in [2.45, 2.75) is 29.4 Å². The lowest BCUT2D eigenvalue weighted by atomic mass is 10.1. The van der Waals surface area contributed by atoms with Crippen molar-refractivity contribution < 1.29 is 17.2 Å². The summed E-state index contributed by atoms with van der Waals surface area (Å²) in [6.45, 7) is 1.06. The van der Waals surface area contributed by atoms with E-state index in [0.717, 1.165) is 11.2 Å². The summed E-state index contributed by atoms with van der Waals surface area (Å²) in [6.07, 6.45) is 1.20. The summed E-state index contributed by atoms with van der Waals surface area (Å²) in [5, 5.41) is 2.57. The van der Waals surface area contributed by atoms with Crippen LogP contribution in [0.4, 0.5) is 13.9 Å². The Bertz CT molecular complexity index is 1190. The lowest BCUT2D eigenvalue weighted by Crippen LogP contribution is -2.39. The second kappa shape index (κ2) is 9.02. The van der Waals surface area contributed by atoms with Crippen LogP contribution in [0.3, 0.4) is 0 Å². The smallest absolute Gasteiger partial charge is 0.185 e. The van der Waals surface area contributed by atoms with Crippen molar-refractivity contribution in [1.82, 2.24) is 4.98 Å². The van der Waals surface area contributed by atoms with Crippen molar-refractivity contribution in [3.63, 3.8) is 0 Å². The molecule has 1 aliphatic rings. The fraction of sp³-hybridized carbons (Fsp3) is 0.286. The van der Waals surface area contributed by atoms with Gasteiger partial charge in [-0.2, -0.15) is 0 Å². The van der Waals surface area contributed by atoms with Gasteiger partial charge in [0.05, 0.1) is 20.9 Å². The molecule has 0 radical (unpaired) electrons. The number of thiazole rings is 1. The molecule has 1 saturated heterocycles. The molecule has 1 fully saturated rings. The molecule has 164 valence electrons. The van der Waals surface area contributed by atoms with E-state index in [9.17, 15) is 17.2 Å². The molecular formula is C21H18Cl2F2N2O2S2. The molecule has 0 spiro atoms. The number of anilines is 1. The largest absolute Gasteiger partial charge is 0.348 e. The zero-order valence-electron chi connectivity index (χ0n) is 16.2. The van der Waals surface area contributed by atoms with Crippen LogP contribution in [0.1, 0.15) is 24.1 Å². The van der Waals surface area contributed by atoms with E-state index in [2.05, 4.69) is 4.98 Å². The van der Waals surface area contributed by atoms with Crippen molar-refractivity contribution in [3.8, 4) is 0 Å². The molecule has 0 aliphatic carbocycles. The Kier molecular flexibility index (Phi) is 6.53. The van der Waals surface area contributed by atoms with Gasteiger partial charge in [0.25, 0.3) is 0 Å². The summed E-state index contributed by atoms with van der Waals surface area (Å²) >= 11 is 13.5. The van der Waals surface area contributed by atoms with Gasteiger partial charge in [-0.3, -0.25) is 0 Å². The summed E-state index contributed by atoms with van der Waals surface area (Å²) in [4.78, 5) is 6.67. The molecule has 0 saturated carbocycles. The Hall–Kier alpha value is -1.74. The molecule has 2 heterocycles. The number of rotatable bonds is 5. The first-order valence-corrected chi connectivity index (χ1v) is 12.7. The molecule has 0 amide bonds. The zero-order chi connectivity index (χ0) is 22.2. The third kappa shape index (κ3) is 5.03. The second-order valence-corrected chi connectivity index (χ2v) is 11.3. The standard InChI is InChI=1S/C21H18Cl2F2N2O2S2/c22-14-1-2-19(23)20(10-14)31(28,29)18-3-5-27(6-4-18)21-26-17(12-30-21)9-13-7-15(24)11-16(25)8-13/h1-2,7-8,10-12,18H,3-6,9H2. The Morgan fingerprint density at radius 1 is 1.06 bits per heavy atom. The van der Waals surface area contributed by atoms with E-state index in [1.807, 2.05) is 10.3 Å². The van der Waals surface area contributed by atoms with Crippen molar-refractivity contribution >= 4 is 49.5 Å². The van der Waals surface area contributed by atoms with E-state index in [1.165, 1.54) is 35.6 Å². The van der Waals surface area contributed by atoms with Crippen molar-refractivity contribution in [2.75, 3.05) is 18.0 Å². The van der Waals surface area contributed by atoms with Crippen LogP contribution in [0, 0.1) is 11.6 Å². The first kappa shape index (κ1) is 22.5. The van der Waals surface area contributed by atoms with E-state index in [0.29, 0.717) is 48.6 Å². The molecule has 0 unspecified atom stereocenters. The third-order valence-corrected chi connectivity index (χ3v) is 9.13. The number of sulfone groups is 1. The highest BCUT2D eigenvalue weighted by molar-refractivity contribution is 7.92. The topological polar surface area (TPSA) is 50.3 Å². The lowest BCUT2D eigenvalue weighted by Gasteiger charge is -2.31. The maximum atomic E-state index is 13.4. The first-order valence-electron chi connectivity index (χ1n) is 9.55. The number of hydrogen-bond donors (Lipinski definition) is 0. The maximum absolute atomic E-state index is 13.4. The lowest BCUT2D eigenvalue weighted by molar-refractivity contribution is 0.529. The van der Waals surface area contributed by atoms with Gasteiger partial charge in [-0.05, 0) is 48.7 Å². The van der Waals surface area contributed by atoms with Crippen LogP contribution in [0.25, 0.3) is 0 Å². The van der Waals surface area contributed by atoms with E-state index >= 15 is 0 Å². The predicted octanol–water partition coefficient (Wildman–Crippen LogP) is 5.76. The van der Waals surface area contributed by atoms with Crippen LogP contribution in [-0.2, 0) is 16.3 Å². The zero-order valence-corrected chi connectivity index (χ0v) is 19.3. The summed E-state index contributed by atoms with van der Waals surface area (Å²) in [5.41, 5.74) is 1.23. The minimum Gasteiger partial charge on any atom is -0.348 e. The molecule has 3 aromatic rings. The molecule has 31 heavy (non-hydrogen) atoms. The van der Waals surface area contributed by atoms with Gasteiger partial charge in [0.2, 0.25) is 0 Å². The molecule has 1 aromatic heterocycles. The molecule has 4 rings (SSSR count). The monoisotopic (exact) mass is 502 g/mol. The van der Waals surface area contributed by atoms with Gasteiger partial charge in [0.15, 0.2) is 15.0 Å². The summed E-state index contributed by atoms with van der Waals surface area (Å²) < 4.78 is 52.9. The van der Waals surface area contributed by atoms with Gasteiger partial charge >= 0.3 is 0 Å². The molecule has 4 nitrogen and oxygen atoms in total. The quantitative estimate of drug-likeness (QED) is 0.444. The number of aromatic nitrogens is 1. The van der Waals surface area contributed by atoms with E-state index in [-0.39, 0.29) is 9.92 Å². The van der Waals surface area contributed by atoms with Crippen molar-refractivity contribution in [1.29, 1.82) is 0 Å². The molecule has 10 heteroatoms. The van der Waals surface area contributed by atoms with Crippen LogP contribution in [0.2, 0.25) is 10.0 Å². The third-order valence-electron chi connectivity index (χ3n) is 5.20. The fourth-order valence-electron chi connectivity index (χ4n) is 3.68. The molecule has 0 atom stereocenters. The van der Waals surface area contributed by atoms with Gasteiger partial charge in [-0.15, -0.1) is 11.3 Å². The van der Waals surface area contributed by atoms with Gasteiger partial charge in [-0.25, -0.2) is 22.2 Å². The normalized spacial score (nSPS) is 15.4. The number of nitrogens with zero attached hydrogens (tertiary/aromatic N) is 2. The van der Waals surface area contributed by atoms with E-state index in [4.69, 9.17) is 23.2 Å². The fourth-order valence-corrected chi connectivity index (χ4v) is 7.05. The highest BCUT2D eigenvalue weighted by atomic mass is 35.5. The van der Waals surface area contributed by atoms with Crippen molar-refractivity contribution in [3.05, 3.63) is 74.7 Å². The van der Waals surface area contributed by atoms with Crippen LogP contribution < -0.4 is 4.90 Å². The predicted molar refractivity (Wildman–Crippen MR) is 120 cm³/mol. The van der Waals surface area contributed by atoms with Crippen LogP contribution >= 0.6 is 34.5 Å². The van der Waals surface area contributed by atoms with Crippen LogP contribution in [-0.4, -0.2) is 31.7 Å². The second-order valence-electron chi connectivity index (χ2n) is 7.38. The Labute approximate surface area is 193 Å². The molecule has 1 aliphatic heterocycles. The average Bonchev–Trinajstić information content (AvgIpc) is 3.17. The maximum Gasteiger partial charge on any atom is 0.185 e. The summed E-state index contributed by atoms with van der Waals surface area (Å²) in [6, 6.07) is 7.87. The van der Waals surface area contributed by atoms with Gasteiger partial charge in [0.1, 0.15) is 11.6 Å². The van der Waals surface area contributed by atoms with Gasteiger partial charge in [0, 0.05) is 36.0 Å². The highest BCUT2D eigenvalue weighted by Crippen LogP contribution is 2.33. The van der Waals surface area contributed by atoms with Gasteiger partial charge in [-0.1, -0.05) is 23.2 Å². The average molecular weight is 503 g/mol. The number of halogens is 4. The summed E-state index contributed by atoms with van der Waals surface area (Å²) in [7, 11) is -3.60. The van der Waals surface area contributed by atoms with E-state index in [1.54, 1.807) is 6.07 Å². The molecule has 0 bridgehead atoms. The van der Waals surface area contributed by atoms with Crippen LogP contribution in [0.15, 0.2) is 46.7 Å².